The third kappa shape index (κ3) is 6.29. The highest BCUT2D eigenvalue weighted by atomic mass is 32.1. The molecule has 0 bridgehead atoms. The number of nitrogens with two attached hydrogens (primary N) is 1. The van der Waals surface area contributed by atoms with Gasteiger partial charge in [0.15, 0.2) is 6.10 Å². The second kappa shape index (κ2) is 11.5. The van der Waals surface area contributed by atoms with Gasteiger partial charge in [-0.15, -0.1) is 11.3 Å². The maximum atomic E-state index is 12.9. The third-order valence-electron chi connectivity index (χ3n) is 6.22. The lowest BCUT2D eigenvalue weighted by molar-refractivity contribution is -0.122. The van der Waals surface area contributed by atoms with E-state index in [9.17, 15) is 14.4 Å². The minimum atomic E-state index is -0.760. The minimum absolute atomic E-state index is 0.305. The number of amides is 3. The van der Waals surface area contributed by atoms with E-state index in [2.05, 4.69) is 17.6 Å². The van der Waals surface area contributed by atoms with E-state index in [0.717, 1.165) is 35.5 Å². The Balaban J connectivity index is 1.37. The first-order chi connectivity index (χ1) is 17.7. The number of anilines is 2. The summed E-state index contributed by atoms with van der Waals surface area (Å²) in [5, 5.41) is 6.16. The number of ether oxygens (including phenoxy) is 2. The number of rotatable bonds is 9. The van der Waals surface area contributed by atoms with Crippen molar-refractivity contribution in [1.29, 1.82) is 0 Å². The van der Waals surface area contributed by atoms with Crippen LogP contribution in [0.1, 0.15) is 58.3 Å². The molecule has 0 saturated carbocycles. The minimum Gasteiger partial charge on any atom is -0.494 e. The Kier molecular flexibility index (Phi) is 8.13. The zero-order valence-electron chi connectivity index (χ0n) is 21.1. The summed E-state index contributed by atoms with van der Waals surface area (Å²) in [5.41, 5.74) is 8.07. The highest BCUT2D eigenvalue weighted by Gasteiger charge is 2.27. The number of nitrogens with one attached hydrogen (secondary N) is 2. The molecule has 0 aliphatic heterocycles. The summed E-state index contributed by atoms with van der Waals surface area (Å²) in [7, 11) is 0. The standard InChI is InChI=1S/C28H31N3O5S/c1-4-35-20-12-8-19(9-13-20)30-26(33)17(3)36-21-10-6-18(7-11-21)27(34)31-28-24(25(29)32)22-14-5-16(2)15-23(22)37-28/h6-13,16-17H,4-5,14-15H2,1-3H3,(H2,29,32)(H,30,33)(H,31,34)/t16-,17-/m0/s1. The van der Waals surface area contributed by atoms with Crippen LogP contribution in [-0.2, 0) is 17.6 Å². The molecule has 4 N–H and O–H groups in total. The van der Waals surface area contributed by atoms with Gasteiger partial charge in [0.05, 0.1) is 12.2 Å². The maximum Gasteiger partial charge on any atom is 0.265 e. The van der Waals surface area contributed by atoms with Crippen molar-refractivity contribution >= 4 is 39.7 Å². The summed E-state index contributed by atoms with van der Waals surface area (Å²) < 4.78 is 11.2. The van der Waals surface area contributed by atoms with Crippen molar-refractivity contribution in [3.8, 4) is 11.5 Å². The molecule has 1 heterocycles. The third-order valence-corrected chi connectivity index (χ3v) is 7.39. The Labute approximate surface area is 220 Å². The van der Waals surface area contributed by atoms with Crippen molar-refractivity contribution in [2.24, 2.45) is 11.7 Å². The van der Waals surface area contributed by atoms with E-state index < -0.39 is 12.0 Å². The van der Waals surface area contributed by atoms with Gasteiger partial charge in [0.25, 0.3) is 17.7 Å². The molecule has 37 heavy (non-hydrogen) atoms. The number of hydrogen-bond acceptors (Lipinski definition) is 6. The molecule has 0 fully saturated rings. The number of hydrogen-bond donors (Lipinski definition) is 3. The van der Waals surface area contributed by atoms with Gasteiger partial charge in [0.1, 0.15) is 16.5 Å². The fraction of sp³-hybridized carbons (Fsp3) is 0.321. The smallest absolute Gasteiger partial charge is 0.265 e. The van der Waals surface area contributed by atoms with E-state index in [0.29, 0.717) is 40.1 Å². The van der Waals surface area contributed by atoms with E-state index in [-0.39, 0.29) is 11.8 Å². The Hall–Kier alpha value is -3.85. The van der Waals surface area contributed by atoms with Gasteiger partial charge < -0.3 is 25.8 Å². The molecule has 1 aromatic heterocycles. The summed E-state index contributed by atoms with van der Waals surface area (Å²) >= 11 is 1.43. The van der Waals surface area contributed by atoms with E-state index in [1.807, 2.05) is 6.92 Å². The fourth-order valence-corrected chi connectivity index (χ4v) is 5.67. The Morgan fingerprint density at radius 2 is 1.73 bits per heavy atom. The van der Waals surface area contributed by atoms with Crippen LogP contribution in [0.25, 0.3) is 0 Å². The van der Waals surface area contributed by atoms with E-state index in [1.54, 1.807) is 55.5 Å². The predicted molar refractivity (Wildman–Crippen MR) is 145 cm³/mol. The molecule has 3 amide bonds. The van der Waals surface area contributed by atoms with Crippen LogP contribution in [-0.4, -0.2) is 30.4 Å². The van der Waals surface area contributed by atoms with Gasteiger partial charge in [-0.1, -0.05) is 6.92 Å². The first-order valence-corrected chi connectivity index (χ1v) is 13.1. The van der Waals surface area contributed by atoms with Gasteiger partial charge in [-0.25, -0.2) is 0 Å². The van der Waals surface area contributed by atoms with Crippen molar-refractivity contribution < 1.29 is 23.9 Å². The van der Waals surface area contributed by atoms with Crippen LogP contribution >= 0.6 is 11.3 Å². The second-order valence-corrected chi connectivity index (χ2v) is 10.2. The van der Waals surface area contributed by atoms with Gasteiger partial charge in [0, 0.05) is 16.1 Å². The van der Waals surface area contributed by atoms with Gasteiger partial charge in [-0.2, -0.15) is 0 Å². The summed E-state index contributed by atoms with van der Waals surface area (Å²) in [6.45, 7) is 6.30. The number of fused-ring (bicyclic) bond motifs is 1. The SMILES string of the molecule is CCOc1ccc(NC(=O)[C@H](C)Oc2ccc(C(=O)Nc3sc4c(c3C(N)=O)CC[C@H](C)C4)cc2)cc1. The van der Waals surface area contributed by atoms with Gasteiger partial charge in [0.2, 0.25) is 0 Å². The molecule has 1 aliphatic carbocycles. The first-order valence-electron chi connectivity index (χ1n) is 12.3. The van der Waals surface area contributed by atoms with Gasteiger partial charge in [-0.3, -0.25) is 14.4 Å². The zero-order valence-corrected chi connectivity index (χ0v) is 21.9. The number of carbonyl (C=O) groups excluding carboxylic acids is 3. The summed E-state index contributed by atoms with van der Waals surface area (Å²) in [6, 6.07) is 13.6. The molecule has 8 nitrogen and oxygen atoms in total. The normalized spacial score (nSPS) is 15.3. The largest absolute Gasteiger partial charge is 0.494 e. The summed E-state index contributed by atoms with van der Waals surface area (Å²) in [5.74, 6) is 0.539. The topological polar surface area (TPSA) is 120 Å². The molecule has 194 valence electrons. The average molecular weight is 522 g/mol. The molecular weight excluding hydrogens is 490 g/mol. The fourth-order valence-electron chi connectivity index (χ4n) is 4.26. The summed E-state index contributed by atoms with van der Waals surface area (Å²) in [6.07, 6.45) is 1.91. The zero-order chi connectivity index (χ0) is 26.5. The number of benzene rings is 2. The number of primary amides is 1. The lowest BCUT2D eigenvalue weighted by atomic mass is 9.88. The molecular formula is C28H31N3O5S. The number of thiophene rings is 1. The van der Waals surface area contributed by atoms with Crippen LogP contribution in [0, 0.1) is 5.92 Å². The van der Waals surface area contributed by atoms with Crippen molar-refractivity contribution in [1.82, 2.24) is 0 Å². The molecule has 3 aromatic rings. The number of carbonyl (C=O) groups is 3. The van der Waals surface area contributed by atoms with Crippen LogP contribution < -0.4 is 25.8 Å². The molecule has 0 spiro atoms. The maximum absolute atomic E-state index is 12.9. The van der Waals surface area contributed by atoms with Gasteiger partial charge >= 0.3 is 0 Å². The molecule has 0 saturated heterocycles. The molecule has 0 unspecified atom stereocenters. The Morgan fingerprint density at radius 1 is 1.05 bits per heavy atom. The summed E-state index contributed by atoms with van der Waals surface area (Å²) in [4.78, 5) is 38.7. The molecule has 1 aliphatic rings. The van der Waals surface area contributed by atoms with Gasteiger partial charge in [-0.05, 0) is 93.1 Å². The average Bonchev–Trinajstić information content (AvgIpc) is 3.22. The van der Waals surface area contributed by atoms with Crippen molar-refractivity contribution in [3.63, 3.8) is 0 Å². The molecule has 2 aromatic carbocycles. The molecule has 4 rings (SSSR count). The Bertz CT molecular complexity index is 1280. The Morgan fingerprint density at radius 3 is 2.38 bits per heavy atom. The van der Waals surface area contributed by atoms with E-state index >= 15 is 0 Å². The monoisotopic (exact) mass is 521 g/mol. The first kappa shape index (κ1) is 26.2. The van der Waals surface area contributed by atoms with Crippen LogP contribution in [0.5, 0.6) is 11.5 Å². The highest BCUT2D eigenvalue weighted by molar-refractivity contribution is 7.17. The predicted octanol–water partition coefficient (Wildman–Crippen LogP) is 5.03. The molecule has 9 heteroatoms. The van der Waals surface area contributed by atoms with Crippen LogP contribution in [0.15, 0.2) is 48.5 Å². The van der Waals surface area contributed by atoms with Crippen LogP contribution in [0.4, 0.5) is 10.7 Å². The van der Waals surface area contributed by atoms with Crippen LogP contribution in [0.2, 0.25) is 0 Å². The quantitative estimate of drug-likeness (QED) is 0.365. The van der Waals surface area contributed by atoms with Crippen molar-refractivity contribution in [2.75, 3.05) is 17.2 Å². The van der Waals surface area contributed by atoms with E-state index in [4.69, 9.17) is 15.2 Å². The lowest BCUT2D eigenvalue weighted by Gasteiger charge is -2.18. The van der Waals surface area contributed by atoms with Crippen molar-refractivity contribution in [2.45, 2.75) is 46.1 Å². The van der Waals surface area contributed by atoms with E-state index in [1.165, 1.54) is 11.3 Å². The highest BCUT2D eigenvalue weighted by Crippen LogP contribution is 2.39. The second-order valence-electron chi connectivity index (χ2n) is 9.11. The molecule has 2 atom stereocenters. The molecule has 0 radical (unpaired) electrons. The van der Waals surface area contributed by atoms with Crippen molar-refractivity contribution in [3.05, 3.63) is 70.1 Å². The lowest BCUT2D eigenvalue weighted by Crippen LogP contribution is -2.30. The van der Waals surface area contributed by atoms with Crippen LogP contribution in [0.3, 0.4) is 0 Å².